The molecule has 0 atom stereocenters. The Kier molecular flexibility index (Phi) is 6.16. The molecule has 2 aromatic heterocycles. The van der Waals surface area contributed by atoms with Crippen molar-refractivity contribution in [3.05, 3.63) is 62.5 Å². The van der Waals surface area contributed by atoms with E-state index in [0.29, 0.717) is 46.1 Å². The molecule has 0 unspecified atom stereocenters. The minimum Gasteiger partial charge on any atom is -0.465 e. The van der Waals surface area contributed by atoms with Crippen LogP contribution in [0.3, 0.4) is 0 Å². The lowest BCUT2D eigenvalue weighted by molar-refractivity contribution is 0.0298. The summed E-state index contributed by atoms with van der Waals surface area (Å²) in [5.41, 5.74) is 0.489. The second-order valence-electron chi connectivity index (χ2n) is 7.68. The van der Waals surface area contributed by atoms with Gasteiger partial charge in [0.2, 0.25) is 0 Å². The zero-order valence-corrected chi connectivity index (χ0v) is 17.8. The highest BCUT2D eigenvalue weighted by Gasteiger charge is 2.22. The fourth-order valence-electron chi connectivity index (χ4n) is 3.32. The van der Waals surface area contributed by atoms with Crippen LogP contribution in [0.1, 0.15) is 40.5 Å². The van der Waals surface area contributed by atoms with Crippen molar-refractivity contribution in [3.8, 4) is 0 Å². The van der Waals surface area contributed by atoms with E-state index in [1.54, 1.807) is 20.8 Å². The molecule has 2 N–H and O–H groups in total. The number of rotatable bonds is 7. The average Bonchev–Trinajstić information content (AvgIpc) is 2.97. The predicted molar refractivity (Wildman–Crippen MR) is 113 cm³/mol. The summed E-state index contributed by atoms with van der Waals surface area (Å²) >= 11 is 1.16. The van der Waals surface area contributed by atoms with Crippen LogP contribution in [0.5, 0.6) is 0 Å². The summed E-state index contributed by atoms with van der Waals surface area (Å²) in [6.07, 6.45) is 0. The summed E-state index contributed by atoms with van der Waals surface area (Å²) in [7, 11) is 1.31. The number of benzene rings is 1. The Morgan fingerprint density at radius 2 is 1.97 bits per heavy atom. The first-order chi connectivity index (χ1) is 13.7. The van der Waals surface area contributed by atoms with Crippen LogP contribution in [0.25, 0.3) is 10.2 Å². The smallest absolute Gasteiger partial charge is 0.348 e. The molecule has 0 fully saturated rings. The number of carbonyl (C=O) groups is 1. The first-order valence-electron chi connectivity index (χ1n) is 9.27. The second kappa shape index (κ2) is 8.44. The van der Waals surface area contributed by atoms with Gasteiger partial charge in [0.25, 0.3) is 5.56 Å². The maximum absolute atomic E-state index is 12.7. The molecule has 1 aromatic carbocycles. The first-order valence-corrected chi connectivity index (χ1v) is 10.1. The van der Waals surface area contributed by atoms with Gasteiger partial charge < -0.3 is 14.8 Å². The summed E-state index contributed by atoms with van der Waals surface area (Å²) in [6.45, 7) is 6.57. The van der Waals surface area contributed by atoms with Crippen molar-refractivity contribution in [3.63, 3.8) is 0 Å². The molecule has 0 aliphatic heterocycles. The van der Waals surface area contributed by atoms with Crippen LogP contribution < -0.4 is 5.56 Å². The number of aromatic amines is 1. The van der Waals surface area contributed by atoms with Gasteiger partial charge in [-0.1, -0.05) is 30.3 Å². The second-order valence-corrected chi connectivity index (χ2v) is 8.68. The summed E-state index contributed by atoms with van der Waals surface area (Å²) in [5, 5.41) is 10.7. The molecule has 2 heterocycles. The van der Waals surface area contributed by atoms with Crippen molar-refractivity contribution >= 4 is 27.5 Å². The molecule has 3 aromatic rings. The molecule has 0 aliphatic rings. The number of hydrogen-bond donors (Lipinski definition) is 2. The zero-order valence-electron chi connectivity index (χ0n) is 17.0. The zero-order chi connectivity index (χ0) is 21.2. The van der Waals surface area contributed by atoms with E-state index in [1.807, 2.05) is 35.2 Å². The molecule has 8 heteroatoms. The van der Waals surface area contributed by atoms with Crippen LogP contribution in [-0.2, 0) is 17.8 Å². The Bertz CT molecular complexity index is 1070. The number of H-pyrrole nitrogens is 1. The predicted octanol–water partition coefficient (Wildman–Crippen LogP) is 2.85. The van der Waals surface area contributed by atoms with E-state index in [9.17, 15) is 14.7 Å². The summed E-state index contributed by atoms with van der Waals surface area (Å²) in [6, 6.07) is 9.91. The van der Waals surface area contributed by atoms with Gasteiger partial charge in [-0.05, 0) is 31.9 Å². The number of carbonyl (C=O) groups excluding carboxylic acids is 1. The number of nitrogens with one attached hydrogen (secondary N) is 1. The van der Waals surface area contributed by atoms with Crippen LogP contribution in [0.2, 0.25) is 0 Å². The molecular weight excluding hydrogens is 390 g/mol. The van der Waals surface area contributed by atoms with Gasteiger partial charge in [-0.25, -0.2) is 9.78 Å². The largest absolute Gasteiger partial charge is 0.465 e. The van der Waals surface area contributed by atoms with Crippen LogP contribution >= 0.6 is 11.3 Å². The minimum absolute atomic E-state index is 0.281. The lowest BCUT2D eigenvalue weighted by Gasteiger charge is -2.28. The Morgan fingerprint density at radius 1 is 1.28 bits per heavy atom. The molecule has 29 heavy (non-hydrogen) atoms. The van der Waals surface area contributed by atoms with Gasteiger partial charge in [0, 0.05) is 13.1 Å². The molecule has 154 valence electrons. The molecule has 0 bridgehead atoms. The minimum atomic E-state index is -0.906. The number of thiophene rings is 1. The van der Waals surface area contributed by atoms with E-state index in [4.69, 9.17) is 4.74 Å². The third kappa shape index (κ3) is 5.09. The van der Waals surface area contributed by atoms with Crippen molar-refractivity contribution in [2.75, 3.05) is 13.7 Å². The van der Waals surface area contributed by atoms with Gasteiger partial charge in [-0.2, -0.15) is 0 Å². The van der Waals surface area contributed by atoms with Crippen molar-refractivity contribution in [2.24, 2.45) is 0 Å². The standard InChI is InChI=1S/C21H25N3O4S/c1-13-16-18(25)22-15(23-19(16)29-17(13)20(26)28-4)11-24(12-21(2,3)27)10-14-8-6-5-7-9-14/h5-9,27H,10-12H2,1-4H3,(H,22,23,25). The summed E-state index contributed by atoms with van der Waals surface area (Å²) in [5.74, 6) is 0.0135. The van der Waals surface area contributed by atoms with Crippen molar-refractivity contribution < 1.29 is 14.6 Å². The number of esters is 1. The number of hydrogen-bond acceptors (Lipinski definition) is 7. The Labute approximate surface area is 173 Å². The molecule has 0 saturated carbocycles. The van der Waals surface area contributed by atoms with Crippen LogP contribution in [0.15, 0.2) is 35.1 Å². The third-order valence-corrected chi connectivity index (χ3v) is 5.62. The first kappa shape index (κ1) is 21.2. The number of methoxy groups -OCH3 is 1. The van der Waals surface area contributed by atoms with E-state index < -0.39 is 11.6 Å². The highest BCUT2D eigenvalue weighted by Crippen LogP contribution is 2.27. The van der Waals surface area contributed by atoms with Gasteiger partial charge in [-0.15, -0.1) is 11.3 Å². The van der Waals surface area contributed by atoms with Crippen molar-refractivity contribution in [2.45, 2.75) is 39.5 Å². The monoisotopic (exact) mass is 415 g/mol. The number of nitrogens with zero attached hydrogens (tertiary/aromatic N) is 2. The molecule has 3 rings (SSSR count). The molecule has 0 spiro atoms. The highest BCUT2D eigenvalue weighted by atomic mass is 32.1. The van der Waals surface area contributed by atoms with Crippen LogP contribution in [-0.4, -0.2) is 45.2 Å². The van der Waals surface area contributed by atoms with Gasteiger partial charge in [0.15, 0.2) is 0 Å². The van der Waals surface area contributed by atoms with E-state index in [0.717, 1.165) is 16.9 Å². The number of aryl methyl sites for hydroxylation is 1. The maximum Gasteiger partial charge on any atom is 0.348 e. The van der Waals surface area contributed by atoms with Gasteiger partial charge in [-0.3, -0.25) is 9.69 Å². The normalized spacial score (nSPS) is 11.9. The Morgan fingerprint density at radius 3 is 2.59 bits per heavy atom. The average molecular weight is 416 g/mol. The number of aromatic nitrogens is 2. The molecule has 0 aliphatic carbocycles. The van der Waals surface area contributed by atoms with Gasteiger partial charge in [0.05, 0.1) is 24.6 Å². The van der Waals surface area contributed by atoms with Gasteiger partial charge in [0.1, 0.15) is 15.5 Å². The van der Waals surface area contributed by atoms with Crippen molar-refractivity contribution in [1.82, 2.24) is 14.9 Å². The van der Waals surface area contributed by atoms with Crippen LogP contribution in [0, 0.1) is 6.92 Å². The Hall–Kier alpha value is -2.55. The molecule has 0 amide bonds. The highest BCUT2D eigenvalue weighted by molar-refractivity contribution is 7.20. The van der Waals surface area contributed by atoms with Crippen molar-refractivity contribution in [1.29, 1.82) is 0 Å². The number of aliphatic hydroxyl groups is 1. The summed E-state index contributed by atoms with van der Waals surface area (Å²) in [4.78, 5) is 34.9. The topological polar surface area (TPSA) is 95.5 Å². The Balaban J connectivity index is 1.94. The maximum atomic E-state index is 12.7. The number of fused-ring (bicyclic) bond motifs is 1. The molecule has 0 saturated heterocycles. The SMILES string of the molecule is COC(=O)c1sc2nc(CN(Cc3ccccc3)CC(C)(C)O)[nH]c(=O)c2c1C. The lowest BCUT2D eigenvalue weighted by Crippen LogP contribution is -2.38. The van der Waals surface area contributed by atoms with E-state index in [2.05, 4.69) is 9.97 Å². The fraction of sp³-hybridized carbons (Fsp3) is 0.381. The third-order valence-electron chi connectivity index (χ3n) is 4.45. The number of ether oxygens (including phenoxy) is 1. The van der Waals surface area contributed by atoms with Gasteiger partial charge >= 0.3 is 5.97 Å². The lowest BCUT2D eigenvalue weighted by atomic mass is 10.1. The fourth-order valence-corrected chi connectivity index (χ4v) is 4.44. The van der Waals surface area contributed by atoms with E-state index in [-0.39, 0.29) is 5.56 Å². The molecular formula is C21H25N3O4S. The quantitative estimate of drug-likeness (QED) is 0.576. The van der Waals surface area contributed by atoms with Crippen LogP contribution in [0.4, 0.5) is 0 Å². The molecule has 7 nitrogen and oxygen atoms in total. The van der Waals surface area contributed by atoms with E-state index in [1.165, 1.54) is 7.11 Å². The molecule has 0 radical (unpaired) electrons. The van der Waals surface area contributed by atoms with E-state index >= 15 is 0 Å². The summed E-state index contributed by atoms with van der Waals surface area (Å²) < 4.78 is 4.80.